The van der Waals surface area contributed by atoms with Gasteiger partial charge < -0.3 is 0 Å². The first-order valence-electron chi connectivity index (χ1n) is 17.1. The second-order valence-electron chi connectivity index (χ2n) is 14.7. The summed E-state index contributed by atoms with van der Waals surface area (Å²) >= 11 is 3.80. The maximum atomic E-state index is 5.25. The Hall–Kier alpha value is -1.98. The SMILES string of the molecule is CCCCCCCCC(CCCCCC)Cn1nc2c(-c3ccc(-c4ccc(C(C)(C)C)s4)s3)ccc(C(C)(C)C)c2n1. The second kappa shape index (κ2) is 15.3. The highest BCUT2D eigenvalue weighted by atomic mass is 32.1. The number of aromatic nitrogens is 3. The number of rotatable bonds is 16. The minimum absolute atomic E-state index is 0.0105. The van der Waals surface area contributed by atoms with E-state index in [1.54, 1.807) is 0 Å². The van der Waals surface area contributed by atoms with Gasteiger partial charge in [0.1, 0.15) is 11.0 Å². The highest BCUT2D eigenvalue weighted by Gasteiger charge is 2.24. The molecule has 3 heterocycles. The minimum Gasteiger partial charge on any atom is -0.183 e. The number of thiophene rings is 2. The third-order valence-corrected chi connectivity index (χ3v) is 11.5. The Morgan fingerprint density at radius 3 is 1.79 bits per heavy atom. The molecule has 5 heteroatoms. The van der Waals surface area contributed by atoms with E-state index in [4.69, 9.17) is 10.2 Å². The Labute approximate surface area is 270 Å². The highest BCUT2D eigenvalue weighted by Crippen LogP contribution is 2.42. The monoisotopic (exact) mass is 619 g/mol. The van der Waals surface area contributed by atoms with Crippen molar-refractivity contribution in [3.05, 3.63) is 46.8 Å². The van der Waals surface area contributed by atoms with Crippen molar-refractivity contribution in [1.29, 1.82) is 0 Å². The van der Waals surface area contributed by atoms with Gasteiger partial charge in [-0.1, -0.05) is 132 Å². The van der Waals surface area contributed by atoms with Gasteiger partial charge in [0.15, 0.2) is 0 Å². The Morgan fingerprint density at radius 2 is 1.16 bits per heavy atom. The zero-order chi connectivity index (χ0) is 31.0. The number of hydrogen-bond donors (Lipinski definition) is 0. The quantitative estimate of drug-likeness (QED) is 0.117. The molecule has 1 atom stereocenters. The van der Waals surface area contributed by atoms with Gasteiger partial charge in [-0.3, -0.25) is 0 Å². The molecule has 1 unspecified atom stereocenters. The summed E-state index contributed by atoms with van der Waals surface area (Å²) in [7, 11) is 0. The van der Waals surface area contributed by atoms with Gasteiger partial charge in [-0.15, -0.1) is 22.7 Å². The Morgan fingerprint density at radius 1 is 0.605 bits per heavy atom. The summed E-state index contributed by atoms with van der Waals surface area (Å²) in [5.41, 5.74) is 4.84. The fraction of sp³-hybridized carbons (Fsp3) is 0.632. The van der Waals surface area contributed by atoms with Gasteiger partial charge in [0.2, 0.25) is 0 Å². The van der Waals surface area contributed by atoms with Crippen LogP contribution in [0.1, 0.15) is 143 Å². The predicted molar refractivity (Wildman–Crippen MR) is 192 cm³/mol. The first-order chi connectivity index (χ1) is 20.5. The van der Waals surface area contributed by atoms with Gasteiger partial charge in [0.25, 0.3) is 0 Å². The molecule has 3 nitrogen and oxygen atoms in total. The zero-order valence-corrected chi connectivity index (χ0v) is 30.0. The molecule has 0 fully saturated rings. The number of unbranched alkanes of at least 4 members (excludes halogenated alkanes) is 8. The highest BCUT2D eigenvalue weighted by molar-refractivity contribution is 7.24. The molecule has 0 bridgehead atoms. The van der Waals surface area contributed by atoms with Crippen LogP contribution in [0, 0.1) is 5.92 Å². The van der Waals surface area contributed by atoms with E-state index < -0.39 is 0 Å². The zero-order valence-electron chi connectivity index (χ0n) is 28.4. The predicted octanol–water partition coefficient (Wildman–Crippen LogP) is 12.8. The summed E-state index contributed by atoms with van der Waals surface area (Å²) in [5, 5.41) is 10.5. The summed E-state index contributed by atoms with van der Waals surface area (Å²) < 4.78 is 0. The standard InChI is InChI=1S/C38H57N3S2/c1-9-11-13-15-16-18-20-28(19-17-14-12-10-2)27-41-39-35-29(21-22-30(36(35)40-41)37(3,4)5)31-23-24-32(42-31)33-25-26-34(43-33)38(6,7)8/h21-26,28H,9-20,27H2,1-8H3. The van der Waals surface area contributed by atoms with Gasteiger partial charge in [0, 0.05) is 25.1 Å². The van der Waals surface area contributed by atoms with Gasteiger partial charge in [-0.2, -0.15) is 15.0 Å². The molecule has 0 amide bonds. The average molecular weight is 620 g/mol. The topological polar surface area (TPSA) is 30.7 Å². The van der Waals surface area contributed by atoms with E-state index in [0.29, 0.717) is 5.92 Å². The fourth-order valence-corrected chi connectivity index (χ4v) is 8.23. The number of fused-ring (bicyclic) bond motifs is 1. The van der Waals surface area contributed by atoms with Gasteiger partial charge in [-0.05, 0) is 59.4 Å². The van der Waals surface area contributed by atoms with Crippen LogP contribution in [0.2, 0.25) is 0 Å². The van der Waals surface area contributed by atoms with Crippen LogP contribution in [0.25, 0.3) is 31.2 Å². The van der Waals surface area contributed by atoms with Crippen molar-refractivity contribution in [2.24, 2.45) is 5.92 Å². The summed E-state index contributed by atoms with van der Waals surface area (Å²) in [5.74, 6) is 0.649. The Bertz CT molecular complexity index is 1410. The smallest absolute Gasteiger partial charge is 0.122 e. The molecule has 4 rings (SSSR count). The third-order valence-electron chi connectivity index (χ3n) is 8.70. The van der Waals surface area contributed by atoms with Crippen molar-refractivity contribution in [3.8, 4) is 20.2 Å². The first kappa shape index (κ1) is 33.9. The molecule has 0 saturated heterocycles. The van der Waals surface area contributed by atoms with Gasteiger partial charge in [-0.25, -0.2) is 0 Å². The number of hydrogen-bond acceptors (Lipinski definition) is 4. The van der Waals surface area contributed by atoms with Crippen LogP contribution >= 0.6 is 22.7 Å². The molecule has 0 spiro atoms. The van der Waals surface area contributed by atoms with E-state index >= 15 is 0 Å². The Balaban J connectivity index is 1.61. The van der Waals surface area contributed by atoms with Crippen LogP contribution in [0.15, 0.2) is 36.4 Å². The van der Waals surface area contributed by atoms with E-state index in [2.05, 4.69) is 96.6 Å². The Kier molecular flexibility index (Phi) is 12.1. The van der Waals surface area contributed by atoms with Crippen molar-refractivity contribution in [1.82, 2.24) is 15.0 Å². The molecule has 0 aliphatic heterocycles. The molecular weight excluding hydrogens is 563 g/mol. The lowest BCUT2D eigenvalue weighted by Crippen LogP contribution is -2.14. The average Bonchev–Trinajstić information content (AvgIpc) is 3.71. The molecule has 0 radical (unpaired) electrons. The molecule has 0 N–H and O–H groups in total. The summed E-state index contributed by atoms with van der Waals surface area (Å²) in [6, 6.07) is 13.8. The van der Waals surface area contributed by atoms with Crippen LogP contribution in [-0.4, -0.2) is 15.0 Å². The van der Waals surface area contributed by atoms with Crippen LogP contribution in [0.4, 0.5) is 0 Å². The van der Waals surface area contributed by atoms with Crippen molar-refractivity contribution in [2.75, 3.05) is 0 Å². The minimum atomic E-state index is 0.0105. The van der Waals surface area contributed by atoms with Crippen LogP contribution in [-0.2, 0) is 17.4 Å². The van der Waals surface area contributed by atoms with Crippen LogP contribution in [0.3, 0.4) is 0 Å². The molecule has 4 aromatic rings. The van der Waals surface area contributed by atoms with E-state index in [-0.39, 0.29) is 10.8 Å². The second-order valence-corrected chi connectivity index (χ2v) is 16.9. The summed E-state index contributed by atoms with van der Waals surface area (Å²) in [6.07, 6.45) is 16.0. The maximum absolute atomic E-state index is 5.25. The first-order valence-corrected chi connectivity index (χ1v) is 18.7. The van der Waals surface area contributed by atoms with Gasteiger partial charge >= 0.3 is 0 Å². The van der Waals surface area contributed by atoms with Crippen molar-refractivity contribution >= 4 is 33.7 Å². The molecule has 0 aliphatic carbocycles. The van der Waals surface area contributed by atoms with Gasteiger partial charge in [0.05, 0.1) is 6.54 Å². The molecular formula is C38H57N3S2. The van der Waals surface area contributed by atoms with Crippen LogP contribution < -0.4 is 0 Å². The molecule has 0 aliphatic rings. The lowest BCUT2D eigenvalue weighted by Gasteiger charge is -2.19. The van der Waals surface area contributed by atoms with Crippen LogP contribution in [0.5, 0.6) is 0 Å². The van der Waals surface area contributed by atoms with Crippen molar-refractivity contribution < 1.29 is 0 Å². The largest absolute Gasteiger partial charge is 0.183 e. The molecule has 236 valence electrons. The third kappa shape index (κ3) is 9.26. The van der Waals surface area contributed by atoms with E-state index in [9.17, 15) is 0 Å². The maximum Gasteiger partial charge on any atom is 0.122 e. The fourth-order valence-electron chi connectivity index (χ4n) is 6.04. The van der Waals surface area contributed by atoms with Crippen molar-refractivity contribution in [2.45, 2.75) is 150 Å². The van der Waals surface area contributed by atoms with E-state index in [1.165, 1.54) is 108 Å². The van der Waals surface area contributed by atoms with E-state index in [1.807, 2.05) is 22.7 Å². The van der Waals surface area contributed by atoms with Crippen molar-refractivity contribution in [3.63, 3.8) is 0 Å². The number of nitrogens with zero attached hydrogens (tertiary/aromatic N) is 3. The molecule has 43 heavy (non-hydrogen) atoms. The van der Waals surface area contributed by atoms with E-state index in [0.717, 1.165) is 17.6 Å². The molecule has 1 aromatic carbocycles. The molecule has 3 aromatic heterocycles. The number of benzene rings is 1. The lowest BCUT2D eigenvalue weighted by molar-refractivity contribution is 0.327. The summed E-state index contributed by atoms with van der Waals surface area (Å²) in [6.45, 7) is 19.3. The normalized spacial score (nSPS) is 13.3. The molecule has 0 saturated carbocycles. The lowest BCUT2D eigenvalue weighted by atomic mass is 9.85. The summed E-state index contributed by atoms with van der Waals surface area (Å²) in [4.78, 5) is 7.47.